The zero-order valence-corrected chi connectivity index (χ0v) is 17.6. The van der Waals surface area contributed by atoms with Crippen molar-refractivity contribution < 1.29 is 4.79 Å². The summed E-state index contributed by atoms with van der Waals surface area (Å²) in [6.07, 6.45) is 16.5. The molecule has 0 bridgehead atoms. The number of benzene rings is 1. The number of nitrogens with zero attached hydrogens (tertiary/aromatic N) is 1. The summed E-state index contributed by atoms with van der Waals surface area (Å²) in [7, 11) is 0. The maximum atomic E-state index is 12.8. The van der Waals surface area contributed by atoms with E-state index in [0.29, 0.717) is 12.3 Å². The molecule has 0 unspecified atom stereocenters. The molecular weight excluding hydrogens is 344 g/mol. The second kappa shape index (κ2) is 9.91. The number of rotatable bonds is 7. The van der Waals surface area contributed by atoms with Gasteiger partial charge in [-0.1, -0.05) is 51.4 Å². The molecule has 3 aliphatic rings. The molecule has 1 saturated carbocycles. The van der Waals surface area contributed by atoms with E-state index in [2.05, 4.69) is 22.3 Å². The van der Waals surface area contributed by atoms with Crippen molar-refractivity contribution in [3.05, 3.63) is 29.3 Å². The quantitative estimate of drug-likeness (QED) is 0.615. The van der Waals surface area contributed by atoms with Gasteiger partial charge in [-0.15, -0.1) is 0 Å². The first kappa shape index (κ1) is 19.9. The predicted molar refractivity (Wildman–Crippen MR) is 117 cm³/mol. The van der Waals surface area contributed by atoms with Crippen LogP contribution in [0.2, 0.25) is 0 Å². The molecule has 28 heavy (non-hydrogen) atoms. The average Bonchev–Trinajstić information content (AvgIpc) is 2.75. The largest absolute Gasteiger partial charge is 0.385 e. The van der Waals surface area contributed by atoms with E-state index >= 15 is 0 Å². The Balaban J connectivity index is 1.17. The van der Waals surface area contributed by atoms with Gasteiger partial charge in [-0.3, -0.25) is 9.69 Å². The number of carbonyl (C=O) groups is 1. The van der Waals surface area contributed by atoms with E-state index in [1.807, 2.05) is 6.07 Å². The number of ketones is 1. The number of Topliss-reactive ketones (excluding diaryl/α,β-unsaturated/α-hetero) is 1. The van der Waals surface area contributed by atoms with Crippen molar-refractivity contribution in [2.24, 2.45) is 11.8 Å². The molecular formula is C25H38N2O. The number of hydrogen-bond donors (Lipinski definition) is 1. The van der Waals surface area contributed by atoms with Crippen LogP contribution in [0.3, 0.4) is 0 Å². The first-order valence-corrected chi connectivity index (χ1v) is 11.9. The number of aryl methyl sites for hydroxylation is 1. The Morgan fingerprint density at radius 1 is 0.964 bits per heavy atom. The smallest absolute Gasteiger partial charge is 0.176 e. The summed E-state index contributed by atoms with van der Waals surface area (Å²) in [5.74, 6) is 2.21. The summed E-state index contributed by atoms with van der Waals surface area (Å²) in [6, 6.07) is 6.24. The normalized spacial score (nSPS) is 21.9. The lowest BCUT2D eigenvalue weighted by atomic mass is 9.83. The zero-order chi connectivity index (χ0) is 19.2. The monoisotopic (exact) mass is 382 g/mol. The van der Waals surface area contributed by atoms with Crippen molar-refractivity contribution in [2.75, 3.05) is 31.5 Å². The van der Waals surface area contributed by atoms with E-state index in [-0.39, 0.29) is 0 Å². The minimum atomic E-state index is 0.295. The molecule has 4 rings (SSSR count). The molecule has 1 aliphatic carbocycles. The molecule has 1 aromatic rings. The van der Waals surface area contributed by atoms with Gasteiger partial charge < -0.3 is 5.32 Å². The van der Waals surface area contributed by atoms with Gasteiger partial charge in [-0.2, -0.15) is 0 Å². The van der Waals surface area contributed by atoms with Gasteiger partial charge in [0.05, 0.1) is 6.54 Å². The lowest BCUT2D eigenvalue weighted by Crippen LogP contribution is -2.37. The molecule has 0 radical (unpaired) electrons. The molecule has 0 spiro atoms. The molecule has 1 saturated heterocycles. The van der Waals surface area contributed by atoms with Crippen molar-refractivity contribution in [1.82, 2.24) is 4.90 Å². The van der Waals surface area contributed by atoms with E-state index in [4.69, 9.17) is 0 Å². The minimum absolute atomic E-state index is 0.295. The van der Waals surface area contributed by atoms with E-state index in [0.717, 1.165) is 43.5 Å². The Hall–Kier alpha value is -1.35. The van der Waals surface area contributed by atoms with Crippen LogP contribution in [-0.2, 0) is 6.42 Å². The summed E-state index contributed by atoms with van der Waals surface area (Å²) >= 11 is 0. The van der Waals surface area contributed by atoms with Gasteiger partial charge in [-0.25, -0.2) is 0 Å². The van der Waals surface area contributed by atoms with Crippen molar-refractivity contribution >= 4 is 11.5 Å². The molecule has 0 aromatic heterocycles. The highest BCUT2D eigenvalue weighted by Crippen LogP contribution is 2.30. The maximum Gasteiger partial charge on any atom is 0.176 e. The van der Waals surface area contributed by atoms with Crippen LogP contribution in [0.25, 0.3) is 0 Å². The van der Waals surface area contributed by atoms with Gasteiger partial charge >= 0.3 is 0 Å². The number of piperidine rings is 1. The average molecular weight is 383 g/mol. The molecule has 1 N–H and O–H groups in total. The number of likely N-dealkylation sites (tertiary alicyclic amines) is 1. The Morgan fingerprint density at radius 3 is 2.50 bits per heavy atom. The highest BCUT2D eigenvalue weighted by Gasteiger charge is 2.22. The topological polar surface area (TPSA) is 32.3 Å². The van der Waals surface area contributed by atoms with Gasteiger partial charge in [0.1, 0.15) is 0 Å². The van der Waals surface area contributed by atoms with Crippen LogP contribution >= 0.6 is 0 Å². The molecule has 1 aromatic carbocycles. The van der Waals surface area contributed by atoms with Gasteiger partial charge in [0.15, 0.2) is 5.78 Å². The highest BCUT2D eigenvalue weighted by atomic mass is 16.1. The standard InChI is InChI=1S/C25H38N2O/c28-25(23-11-12-24-22(18-23)10-5-15-26-24)19-27-16-13-21(14-17-27)9-4-8-20-6-2-1-3-7-20/h11-12,18,20-21,26H,1-10,13-17,19H2. The fourth-order valence-corrected chi connectivity index (χ4v) is 5.55. The van der Waals surface area contributed by atoms with Crippen LogP contribution in [0.15, 0.2) is 18.2 Å². The predicted octanol–water partition coefficient (Wildman–Crippen LogP) is 5.69. The van der Waals surface area contributed by atoms with Crippen LogP contribution in [0.4, 0.5) is 5.69 Å². The van der Waals surface area contributed by atoms with Crippen molar-refractivity contribution in [1.29, 1.82) is 0 Å². The fraction of sp³-hybridized carbons (Fsp3) is 0.720. The first-order chi connectivity index (χ1) is 13.8. The molecule has 2 fully saturated rings. The van der Waals surface area contributed by atoms with Crippen molar-refractivity contribution in [3.63, 3.8) is 0 Å². The summed E-state index contributed by atoms with van der Waals surface area (Å²) < 4.78 is 0. The molecule has 154 valence electrons. The number of fused-ring (bicyclic) bond motifs is 1. The Kier molecular flexibility index (Phi) is 7.06. The number of anilines is 1. The van der Waals surface area contributed by atoms with Crippen LogP contribution in [0.5, 0.6) is 0 Å². The number of hydrogen-bond acceptors (Lipinski definition) is 3. The van der Waals surface area contributed by atoms with Gasteiger partial charge in [0.25, 0.3) is 0 Å². The summed E-state index contributed by atoms with van der Waals surface area (Å²) in [4.78, 5) is 15.2. The molecule has 3 nitrogen and oxygen atoms in total. The molecule has 2 aliphatic heterocycles. The van der Waals surface area contributed by atoms with Gasteiger partial charge in [0, 0.05) is 17.8 Å². The summed E-state index contributed by atoms with van der Waals surface area (Å²) in [6.45, 7) is 3.86. The lowest BCUT2D eigenvalue weighted by molar-refractivity contribution is 0.0891. The van der Waals surface area contributed by atoms with E-state index in [9.17, 15) is 4.79 Å². The number of nitrogens with one attached hydrogen (secondary N) is 1. The maximum absolute atomic E-state index is 12.8. The minimum Gasteiger partial charge on any atom is -0.385 e. The highest BCUT2D eigenvalue weighted by molar-refractivity contribution is 5.98. The lowest BCUT2D eigenvalue weighted by Gasteiger charge is -2.32. The van der Waals surface area contributed by atoms with E-state index in [1.165, 1.54) is 81.9 Å². The first-order valence-electron chi connectivity index (χ1n) is 11.9. The Morgan fingerprint density at radius 2 is 1.71 bits per heavy atom. The van der Waals surface area contributed by atoms with Gasteiger partial charge in [-0.05, 0) is 74.4 Å². The second-order valence-electron chi connectivity index (χ2n) is 9.48. The van der Waals surface area contributed by atoms with Crippen LogP contribution in [0, 0.1) is 11.8 Å². The molecule has 0 atom stereocenters. The van der Waals surface area contributed by atoms with E-state index < -0.39 is 0 Å². The zero-order valence-electron chi connectivity index (χ0n) is 17.6. The van der Waals surface area contributed by atoms with Crippen LogP contribution < -0.4 is 5.32 Å². The van der Waals surface area contributed by atoms with E-state index in [1.54, 1.807) is 0 Å². The third-order valence-corrected chi connectivity index (χ3v) is 7.39. The summed E-state index contributed by atoms with van der Waals surface area (Å²) in [5.41, 5.74) is 3.43. The van der Waals surface area contributed by atoms with Crippen molar-refractivity contribution in [2.45, 2.75) is 77.0 Å². The van der Waals surface area contributed by atoms with Gasteiger partial charge in [0.2, 0.25) is 0 Å². The van der Waals surface area contributed by atoms with Crippen LogP contribution in [-0.4, -0.2) is 36.9 Å². The Labute approximate surface area is 171 Å². The Bertz CT molecular complexity index is 642. The fourth-order valence-electron chi connectivity index (χ4n) is 5.55. The second-order valence-corrected chi connectivity index (χ2v) is 9.48. The third kappa shape index (κ3) is 5.37. The van der Waals surface area contributed by atoms with Crippen LogP contribution in [0.1, 0.15) is 86.6 Å². The molecule has 3 heteroatoms. The van der Waals surface area contributed by atoms with Crippen molar-refractivity contribution in [3.8, 4) is 0 Å². The molecule has 0 amide bonds. The summed E-state index contributed by atoms with van der Waals surface area (Å²) in [5, 5.41) is 3.43. The molecule has 2 heterocycles. The third-order valence-electron chi connectivity index (χ3n) is 7.39. The SMILES string of the molecule is O=C(CN1CCC(CCCC2CCCCC2)CC1)c1ccc2c(c1)CCCN2. The number of carbonyl (C=O) groups excluding carboxylic acids is 1.